The van der Waals surface area contributed by atoms with E-state index in [2.05, 4.69) is 22.4 Å². The average Bonchev–Trinajstić information content (AvgIpc) is 2.92. The van der Waals surface area contributed by atoms with Crippen molar-refractivity contribution >= 4 is 11.8 Å². The van der Waals surface area contributed by atoms with Gasteiger partial charge in [0.15, 0.2) is 0 Å². The lowest BCUT2D eigenvalue weighted by molar-refractivity contribution is 0.134. The molecule has 1 aliphatic rings. The maximum absolute atomic E-state index is 12.4. The SMILES string of the molecule is CCc1cc(NC(=O)N2CCC(N(C)CCCO)CC2)n(C)n1. The molecule has 0 atom stereocenters. The zero-order chi connectivity index (χ0) is 16.8. The lowest BCUT2D eigenvalue weighted by atomic mass is 10.0. The molecule has 0 aliphatic carbocycles. The highest BCUT2D eigenvalue weighted by Gasteiger charge is 2.25. The predicted molar refractivity (Wildman–Crippen MR) is 90.5 cm³/mol. The number of urea groups is 1. The minimum atomic E-state index is -0.0490. The van der Waals surface area contributed by atoms with Gasteiger partial charge in [-0.2, -0.15) is 5.10 Å². The minimum absolute atomic E-state index is 0.0490. The van der Waals surface area contributed by atoms with E-state index in [1.807, 2.05) is 24.9 Å². The number of aryl methyl sites for hydroxylation is 2. The predicted octanol–water partition coefficient (Wildman–Crippen LogP) is 1.29. The van der Waals surface area contributed by atoms with E-state index in [4.69, 9.17) is 5.11 Å². The number of nitrogens with zero attached hydrogens (tertiary/aromatic N) is 4. The molecule has 7 nitrogen and oxygen atoms in total. The zero-order valence-electron chi connectivity index (χ0n) is 14.5. The van der Waals surface area contributed by atoms with E-state index in [1.54, 1.807) is 4.68 Å². The Morgan fingerprint density at radius 3 is 2.74 bits per heavy atom. The zero-order valence-corrected chi connectivity index (χ0v) is 14.5. The number of aliphatic hydroxyl groups excluding tert-OH is 1. The Balaban J connectivity index is 1.82. The summed E-state index contributed by atoms with van der Waals surface area (Å²) < 4.78 is 1.71. The van der Waals surface area contributed by atoms with Crippen LogP contribution in [0.4, 0.5) is 10.6 Å². The number of likely N-dealkylation sites (tertiary alicyclic amines) is 1. The molecule has 0 bridgehead atoms. The molecule has 0 aromatic carbocycles. The van der Waals surface area contributed by atoms with Crippen LogP contribution in [-0.4, -0.2) is 70.0 Å². The van der Waals surface area contributed by atoms with Crippen molar-refractivity contribution < 1.29 is 9.90 Å². The molecule has 130 valence electrons. The smallest absolute Gasteiger partial charge is 0.323 e. The summed E-state index contributed by atoms with van der Waals surface area (Å²) in [5, 5.41) is 16.2. The van der Waals surface area contributed by atoms with Crippen LogP contribution in [-0.2, 0) is 13.5 Å². The molecule has 1 aromatic heterocycles. The van der Waals surface area contributed by atoms with Crippen LogP contribution in [0.1, 0.15) is 31.9 Å². The van der Waals surface area contributed by atoms with Crippen LogP contribution < -0.4 is 5.32 Å². The number of amides is 2. The molecule has 1 saturated heterocycles. The largest absolute Gasteiger partial charge is 0.396 e. The highest BCUT2D eigenvalue weighted by atomic mass is 16.3. The number of piperidine rings is 1. The lowest BCUT2D eigenvalue weighted by Crippen LogP contribution is -2.47. The summed E-state index contributed by atoms with van der Waals surface area (Å²) in [5.41, 5.74) is 0.979. The molecular formula is C16H29N5O2. The van der Waals surface area contributed by atoms with Gasteiger partial charge in [-0.05, 0) is 32.7 Å². The van der Waals surface area contributed by atoms with Crippen molar-refractivity contribution in [3.63, 3.8) is 0 Å². The molecule has 1 aliphatic heterocycles. The van der Waals surface area contributed by atoms with Gasteiger partial charge >= 0.3 is 6.03 Å². The molecule has 0 saturated carbocycles. The van der Waals surface area contributed by atoms with Gasteiger partial charge in [0.1, 0.15) is 5.82 Å². The van der Waals surface area contributed by atoms with Crippen molar-refractivity contribution in [2.45, 2.75) is 38.6 Å². The number of aliphatic hydroxyl groups is 1. The van der Waals surface area contributed by atoms with Crippen molar-refractivity contribution in [3.8, 4) is 0 Å². The van der Waals surface area contributed by atoms with E-state index in [1.165, 1.54) is 0 Å². The van der Waals surface area contributed by atoms with Crippen molar-refractivity contribution in [1.29, 1.82) is 0 Å². The Kier molecular flexibility index (Phi) is 6.41. The molecule has 2 heterocycles. The second-order valence-corrected chi connectivity index (χ2v) is 6.20. The fourth-order valence-corrected chi connectivity index (χ4v) is 3.02. The molecule has 2 amide bonds. The summed E-state index contributed by atoms with van der Waals surface area (Å²) in [7, 11) is 3.94. The molecule has 7 heteroatoms. The van der Waals surface area contributed by atoms with Gasteiger partial charge in [0, 0.05) is 45.4 Å². The lowest BCUT2D eigenvalue weighted by Gasteiger charge is -2.36. The molecule has 1 fully saturated rings. The third kappa shape index (κ3) is 4.68. The van der Waals surface area contributed by atoms with Crippen LogP contribution in [0.15, 0.2) is 6.07 Å². The minimum Gasteiger partial charge on any atom is -0.396 e. The van der Waals surface area contributed by atoms with E-state index >= 15 is 0 Å². The first-order valence-corrected chi connectivity index (χ1v) is 8.45. The Bertz CT molecular complexity index is 509. The number of anilines is 1. The molecule has 0 unspecified atom stereocenters. The Morgan fingerprint density at radius 1 is 1.48 bits per heavy atom. The van der Waals surface area contributed by atoms with E-state index in [0.717, 1.165) is 56.8 Å². The van der Waals surface area contributed by atoms with Gasteiger partial charge in [0.25, 0.3) is 0 Å². The van der Waals surface area contributed by atoms with Gasteiger partial charge in [-0.3, -0.25) is 10.00 Å². The van der Waals surface area contributed by atoms with Gasteiger partial charge in [0.05, 0.1) is 5.69 Å². The van der Waals surface area contributed by atoms with Crippen molar-refractivity contribution in [3.05, 3.63) is 11.8 Å². The van der Waals surface area contributed by atoms with Crippen LogP contribution in [0, 0.1) is 0 Å². The first-order chi connectivity index (χ1) is 11.0. The number of carbonyl (C=O) groups excluding carboxylic acids is 1. The standard InChI is InChI=1S/C16H29N5O2/c1-4-13-12-15(20(3)18-13)17-16(23)21-9-6-14(7-10-21)19(2)8-5-11-22/h12,14,22H,4-11H2,1-3H3,(H,17,23). The summed E-state index contributed by atoms with van der Waals surface area (Å²) in [6, 6.07) is 2.37. The topological polar surface area (TPSA) is 73.6 Å². The van der Waals surface area contributed by atoms with Crippen LogP contribution in [0.3, 0.4) is 0 Å². The monoisotopic (exact) mass is 323 g/mol. The number of hydrogen-bond acceptors (Lipinski definition) is 4. The molecule has 2 rings (SSSR count). The Morgan fingerprint density at radius 2 is 2.17 bits per heavy atom. The van der Waals surface area contributed by atoms with Gasteiger partial charge in [-0.1, -0.05) is 6.92 Å². The maximum atomic E-state index is 12.4. The average molecular weight is 323 g/mol. The van der Waals surface area contributed by atoms with E-state index in [-0.39, 0.29) is 12.6 Å². The number of aromatic nitrogens is 2. The quantitative estimate of drug-likeness (QED) is 0.827. The van der Waals surface area contributed by atoms with Crippen LogP contribution in [0.2, 0.25) is 0 Å². The van der Waals surface area contributed by atoms with E-state index in [0.29, 0.717) is 6.04 Å². The fourth-order valence-electron chi connectivity index (χ4n) is 3.02. The molecule has 1 aromatic rings. The van der Waals surface area contributed by atoms with Crippen LogP contribution >= 0.6 is 0 Å². The molecule has 2 N–H and O–H groups in total. The van der Waals surface area contributed by atoms with Crippen molar-refractivity contribution in [1.82, 2.24) is 19.6 Å². The Hall–Kier alpha value is -1.60. The normalized spacial score (nSPS) is 16.1. The van der Waals surface area contributed by atoms with Crippen molar-refractivity contribution in [2.24, 2.45) is 7.05 Å². The first-order valence-electron chi connectivity index (χ1n) is 8.45. The van der Waals surface area contributed by atoms with Gasteiger partial charge in [0.2, 0.25) is 0 Å². The number of carbonyl (C=O) groups is 1. The second kappa shape index (κ2) is 8.31. The molecule has 0 spiro atoms. The number of rotatable bonds is 6. The molecular weight excluding hydrogens is 294 g/mol. The fraction of sp³-hybridized carbons (Fsp3) is 0.750. The number of nitrogens with one attached hydrogen (secondary N) is 1. The maximum Gasteiger partial charge on any atom is 0.323 e. The van der Waals surface area contributed by atoms with Crippen LogP contribution in [0.25, 0.3) is 0 Å². The summed E-state index contributed by atoms with van der Waals surface area (Å²) in [5.74, 6) is 0.744. The third-order valence-corrected chi connectivity index (χ3v) is 4.57. The Labute approximate surface area is 138 Å². The van der Waals surface area contributed by atoms with Gasteiger partial charge in [-0.25, -0.2) is 4.79 Å². The van der Waals surface area contributed by atoms with E-state index in [9.17, 15) is 4.79 Å². The summed E-state index contributed by atoms with van der Waals surface area (Å²) in [6.45, 7) is 4.71. The van der Waals surface area contributed by atoms with Crippen molar-refractivity contribution in [2.75, 3.05) is 38.6 Å². The first kappa shape index (κ1) is 17.7. The highest BCUT2D eigenvalue weighted by Crippen LogP contribution is 2.17. The molecule has 0 radical (unpaired) electrons. The second-order valence-electron chi connectivity index (χ2n) is 6.20. The molecule has 23 heavy (non-hydrogen) atoms. The number of hydrogen-bond donors (Lipinski definition) is 2. The third-order valence-electron chi connectivity index (χ3n) is 4.57. The summed E-state index contributed by atoms with van der Waals surface area (Å²) in [6.07, 6.45) is 3.61. The van der Waals surface area contributed by atoms with Gasteiger partial charge in [-0.15, -0.1) is 0 Å². The van der Waals surface area contributed by atoms with Crippen LogP contribution in [0.5, 0.6) is 0 Å². The van der Waals surface area contributed by atoms with E-state index < -0.39 is 0 Å². The highest BCUT2D eigenvalue weighted by molar-refractivity contribution is 5.88. The summed E-state index contributed by atoms with van der Waals surface area (Å²) >= 11 is 0. The summed E-state index contributed by atoms with van der Waals surface area (Å²) in [4.78, 5) is 16.6. The van der Waals surface area contributed by atoms with Gasteiger partial charge < -0.3 is 14.9 Å².